The number of carbonyl (C=O) groups is 1. The lowest BCUT2D eigenvalue weighted by Crippen LogP contribution is -2.36. The largest absolute Gasteiger partial charge is 0.329 e. The molecule has 0 heterocycles. The smallest absolute Gasteiger partial charge is 0.144 e. The van der Waals surface area contributed by atoms with Gasteiger partial charge in [-0.2, -0.15) is 0 Å². The van der Waals surface area contributed by atoms with E-state index in [2.05, 4.69) is 18.2 Å². The summed E-state index contributed by atoms with van der Waals surface area (Å²) in [6.45, 7) is 4.45. The van der Waals surface area contributed by atoms with Crippen molar-refractivity contribution in [2.45, 2.75) is 46.0 Å². The Morgan fingerprint density at radius 3 is 2.72 bits per heavy atom. The second-order valence-corrected chi connectivity index (χ2v) is 5.67. The molecule has 18 heavy (non-hydrogen) atoms. The minimum Gasteiger partial charge on any atom is -0.329 e. The topological polar surface area (TPSA) is 43.1 Å². The van der Waals surface area contributed by atoms with E-state index in [9.17, 15) is 4.79 Å². The molecule has 0 fully saturated rings. The first kappa shape index (κ1) is 13.3. The predicted molar refractivity (Wildman–Crippen MR) is 74.6 cm³/mol. The van der Waals surface area contributed by atoms with E-state index in [0.29, 0.717) is 13.0 Å². The first-order chi connectivity index (χ1) is 8.59. The molecule has 2 N–H and O–H groups in total. The van der Waals surface area contributed by atoms with Gasteiger partial charge in [-0.1, -0.05) is 32.0 Å². The summed E-state index contributed by atoms with van der Waals surface area (Å²) in [6.07, 6.45) is 4.95. The van der Waals surface area contributed by atoms with Gasteiger partial charge in [-0.15, -0.1) is 0 Å². The van der Waals surface area contributed by atoms with Crippen LogP contribution < -0.4 is 5.73 Å². The quantitative estimate of drug-likeness (QED) is 0.866. The second kappa shape index (κ2) is 5.23. The number of hydrogen-bond acceptors (Lipinski definition) is 2. The summed E-state index contributed by atoms with van der Waals surface area (Å²) < 4.78 is 0. The van der Waals surface area contributed by atoms with E-state index >= 15 is 0 Å². The maximum Gasteiger partial charge on any atom is 0.144 e. The molecule has 1 unspecified atom stereocenters. The summed E-state index contributed by atoms with van der Waals surface area (Å²) in [4.78, 5) is 12.3. The molecule has 0 radical (unpaired) electrons. The van der Waals surface area contributed by atoms with Crippen molar-refractivity contribution in [3.05, 3.63) is 34.9 Å². The van der Waals surface area contributed by atoms with Crippen molar-refractivity contribution in [1.82, 2.24) is 0 Å². The highest BCUT2D eigenvalue weighted by atomic mass is 16.1. The first-order valence-corrected chi connectivity index (χ1v) is 6.93. The number of ketones is 1. The lowest BCUT2D eigenvalue weighted by Gasteiger charge is -2.24. The van der Waals surface area contributed by atoms with E-state index in [4.69, 9.17) is 5.73 Å². The maximum absolute atomic E-state index is 12.3. The normalized spacial score (nSPS) is 17.3. The summed E-state index contributed by atoms with van der Waals surface area (Å²) in [5.74, 6) is 0.269. The number of nitrogens with two attached hydrogens (primary N) is 1. The SMILES string of the molecule is CCC(C)(CN)C(=O)Cc1ccc2c(c1)CCC2. The molecule has 1 aliphatic carbocycles. The fourth-order valence-electron chi connectivity index (χ4n) is 2.59. The van der Waals surface area contributed by atoms with Gasteiger partial charge in [0.15, 0.2) is 0 Å². The molecule has 1 aromatic rings. The fourth-order valence-corrected chi connectivity index (χ4v) is 2.59. The molecule has 1 aromatic carbocycles. The average Bonchev–Trinajstić information content (AvgIpc) is 2.85. The van der Waals surface area contributed by atoms with E-state index < -0.39 is 0 Å². The Morgan fingerprint density at radius 1 is 1.33 bits per heavy atom. The highest BCUT2D eigenvalue weighted by Crippen LogP contribution is 2.26. The van der Waals surface area contributed by atoms with E-state index in [-0.39, 0.29) is 11.2 Å². The summed E-state index contributed by atoms with van der Waals surface area (Å²) in [5, 5.41) is 0. The van der Waals surface area contributed by atoms with Crippen molar-refractivity contribution in [3.8, 4) is 0 Å². The molecule has 1 atom stereocenters. The third-order valence-corrected chi connectivity index (χ3v) is 4.43. The van der Waals surface area contributed by atoms with Crippen LogP contribution in [0, 0.1) is 5.41 Å². The van der Waals surface area contributed by atoms with Crippen molar-refractivity contribution < 1.29 is 4.79 Å². The fraction of sp³-hybridized carbons (Fsp3) is 0.562. The number of hydrogen-bond donors (Lipinski definition) is 1. The Labute approximate surface area is 110 Å². The van der Waals surface area contributed by atoms with Crippen LogP contribution in [0.3, 0.4) is 0 Å². The van der Waals surface area contributed by atoms with Gasteiger partial charge in [-0.05, 0) is 42.4 Å². The van der Waals surface area contributed by atoms with Gasteiger partial charge in [0.05, 0.1) is 0 Å². The third kappa shape index (κ3) is 2.49. The van der Waals surface area contributed by atoms with Gasteiger partial charge in [0.1, 0.15) is 5.78 Å². The predicted octanol–water partition coefficient (Wildman–Crippen LogP) is 2.66. The number of rotatable bonds is 5. The van der Waals surface area contributed by atoms with Gasteiger partial charge in [0.25, 0.3) is 0 Å². The van der Waals surface area contributed by atoms with E-state index in [0.717, 1.165) is 12.0 Å². The van der Waals surface area contributed by atoms with Crippen LogP contribution in [0.5, 0.6) is 0 Å². The Bertz CT molecular complexity index is 446. The average molecular weight is 245 g/mol. The van der Waals surface area contributed by atoms with Crippen LogP contribution in [-0.2, 0) is 24.1 Å². The van der Waals surface area contributed by atoms with Gasteiger partial charge < -0.3 is 5.73 Å². The lowest BCUT2D eigenvalue weighted by atomic mass is 9.80. The minimum absolute atomic E-state index is 0.269. The van der Waals surface area contributed by atoms with Crippen LogP contribution in [0.4, 0.5) is 0 Å². The van der Waals surface area contributed by atoms with Crippen molar-refractivity contribution in [1.29, 1.82) is 0 Å². The molecule has 0 saturated carbocycles. The van der Waals surface area contributed by atoms with Gasteiger partial charge in [-0.25, -0.2) is 0 Å². The molecule has 0 amide bonds. The van der Waals surface area contributed by atoms with Crippen LogP contribution in [0.2, 0.25) is 0 Å². The summed E-state index contributed by atoms with van der Waals surface area (Å²) >= 11 is 0. The second-order valence-electron chi connectivity index (χ2n) is 5.67. The summed E-state index contributed by atoms with van der Waals surface area (Å²) in [7, 11) is 0. The van der Waals surface area contributed by atoms with E-state index in [1.807, 2.05) is 13.8 Å². The van der Waals surface area contributed by atoms with Crippen LogP contribution in [0.25, 0.3) is 0 Å². The molecular weight excluding hydrogens is 222 g/mol. The zero-order chi connectivity index (χ0) is 13.2. The van der Waals surface area contributed by atoms with Crippen molar-refractivity contribution >= 4 is 5.78 Å². The number of fused-ring (bicyclic) bond motifs is 1. The lowest BCUT2D eigenvalue weighted by molar-refractivity contribution is -0.126. The van der Waals surface area contributed by atoms with Gasteiger partial charge >= 0.3 is 0 Å². The summed E-state index contributed by atoms with van der Waals surface area (Å²) in [6, 6.07) is 6.51. The molecule has 0 spiro atoms. The van der Waals surface area contributed by atoms with Crippen molar-refractivity contribution in [3.63, 3.8) is 0 Å². The van der Waals surface area contributed by atoms with Crippen LogP contribution >= 0.6 is 0 Å². The van der Waals surface area contributed by atoms with Crippen molar-refractivity contribution in [2.24, 2.45) is 11.1 Å². The summed E-state index contributed by atoms with van der Waals surface area (Å²) in [5.41, 5.74) is 9.42. The monoisotopic (exact) mass is 245 g/mol. The highest BCUT2D eigenvalue weighted by Gasteiger charge is 2.29. The Kier molecular flexibility index (Phi) is 3.86. The number of aryl methyl sites for hydroxylation is 2. The zero-order valence-electron chi connectivity index (χ0n) is 11.5. The van der Waals surface area contributed by atoms with Gasteiger partial charge in [-0.3, -0.25) is 4.79 Å². The Morgan fingerprint density at radius 2 is 2.06 bits per heavy atom. The molecular formula is C16H23NO. The number of benzene rings is 1. The van der Waals surface area contributed by atoms with Gasteiger partial charge in [0, 0.05) is 18.4 Å². The van der Waals surface area contributed by atoms with E-state index in [1.54, 1.807) is 0 Å². The van der Waals surface area contributed by atoms with Gasteiger partial charge in [0.2, 0.25) is 0 Å². The minimum atomic E-state index is -0.362. The highest BCUT2D eigenvalue weighted by molar-refractivity contribution is 5.86. The molecule has 0 saturated heterocycles. The molecule has 2 nitrogen and oxygen atoms in total. The van der Waals surface area contributed by atoms with Crippen LogP contribution in [0.15, 0.2) is 18.2 Å². The number of carbonyl (C=O) groups excluding carboxylic acids is 1. The molecule has 0 bridgehead atoms. The van der Waals surface area contributed by atoms with E-state index in [1.165, 1.54) is 30.4 Å². The molecule has 0 aliphatic heterocycles. The van der Waals surface area contributed by atoms with Crippen molar-refractivity contribution in [2.75, 3.05) is 6.54 Å². The molecule has 2 rings (SSSR count). The Balaban J connectivity index is 2.12. The zero-order valence-corrected chi connectivity index (χ0v) is 11.5. The molecule has 0 aromatic heterocycles. The van der Waals surface area contributed by atoms with Crippen LogP contribution in [0.1, 0.15) is 43.4 Å². The maximum atomic E-state index is 12.3. The standard InChI is InChI=1S/C16H23NO/c1-3-16(2,11-17)15(18)10-12-7-8-13-5-4-6-14(13)9-12/h7-9H,3-6,10-11,17H2,1-2H3. The third-order valence-electron chi connectivity index (χ3n) is 4.43. The number of Topliss-reactive ketones (excluding diaryl/α,β-unsaturated/α-hetero) is 1. The molecule has 98 valence electrons. The first-order valence-electron chi connectivity index (χ1n) is 6.93. The van der Waals surface area contributed by atoms with Crippen LogP contribution in [-0.4, -0.2) is 12.3 Å². The Hall–Kier alpha value is -1.15. The molecule has 1 aliphatic rings. The molecule has 2 heteroatoms.